The van der Waals surface area contributed by atoms with Gasteiger partial charge in [-0.25, -0.2) is 0 Å². The Kier molecular flexibility index (Phi) is 6.36. The van der Waals surface area contributed by atoms with Crippen LogP contribution in [0.25, 0.3) is 0 Å². The Balaban J connectivity index is 1.45. The molecule has 2 heterocycles. The summed E-state index contributed by atoms with van der Waals surface area (Å²) in [7, 11) is 1.97. The van der Waals surface area contributed by atoms with E-state index in [9.17, 15) is 4.79 Å². The van der Waals surface area contributed by atoms with E-state index in [2.05, 4.69) is 17.1 Å². The van der Waals surface area contributed by atoms with Crippen LogP contribution in [0.2, 0.25) is 0 Å². The summed E-state index contributed by atoms with van der Waals surface area (Å²) in [6, 6.07) is 12.1. The molecule has 1 aliphatic heterocycles. The van der Waals surface area contributed by atoms with Crippen molar-refractivity contribution in [1.29, 1.82) is 0 Å². The standard InChI is InChI=1S/C21H27N3O2/c1-23(13-20-3-2-9-22-12-20)15-21(26)24-10-8-19(14-24)11-17-4-6-18(16-25)7-5-17/h2-7,9,12,19,25H,8,10-11,13-16H2,1H3. The average Bonchev–Trinajstić information content (AvgIpc) is 3.12. The molecule has 1 aromatic heterocycles. The number of pyridine rings is 1. The molecule has 1 N–H and O–H groups in total. The number of hydrogen-bond acceptors (Lipinski definition) is 4. The maximum Gasteiger partial charge on any atom is 0.236 e. The normalized spacial score (nSPS) is 17.0. The van der Waals surface area contributed by atoms with Gasteiger partial charge in [-0.3, -0.25) is 14.7 Å². The van der Waals surface area contributed by atoms with Gasteiger partial charge in [-0.1, -0.05) is 30.3 Å². The number of carbonyl (C=O) groups excluding carboxylic acids is 1. The van der Waals surface area contributed by atoms with Crippen LogP contribution in [-0.4, -0.2) is 52.5 Å². The van der Waals surface area contributed by atoms with Crippen LogP contribution in [0.3, 0.4) is 0 Å². The molecular weight excluding hydrogens is 326 g/mol. The number of amides is 1. The molecular formula is C21H27N3O2. The summed E-state index contributed by atoms with van der Waals surface area (Å²) in [5.41, 5.74) is 3.33. The van der Waals surface area contributed by atoms with Crippen molar-refractivity contribution in [3.63, 3.8) is 0 Å². The maximum absolute atomic E-state index is 12.6. The van der Waals surface area contributed by atoms with E-state index in [-0.39, 0.29) is 12.5 Å². The van der Waals surface area contributed by atoms with Gasteiger partial charge in [0.15, 0.2) is 0 Å². The van der Waals surface area contributed by atoms with E-state index in [0.29, 0.717) is 12.5 Å². The number of nitrogens with zero attached hydrogens (tertiary/aromatic N) is 3. The fraction of sp³-hybridized carbons (Fsp3) is 0.429. The lowest BCUT2D eigenvalue weighted by Gasteiger charge is -2.21. The Labute approximate surface area is 155 Å². The molecule has 138 valence electrons. The summed E-state index contributed by atoms with van der Waals surface area (Å²) in [6.45, 7) is 2.93. The van der Waals surface area contributed by atoms with Crippen LogP contribution in [0.5, 0.6) is 0 Å². The number of aromatic nitrogens is 1. The van der Waals surface area contributed by atoms with Crippen molar-refractivity contribution >= 4 is 5.91 Å². The highest BCUT2D eigenvalue weighted by Gasteiger charge is 2.26. The highest BCUT2D eigenvalue weighted by molar-refractivity contribution is 5.78. The average molecular weight is 353 g/mol. The van der Waals surface area contributed by atoms with Gasteiger partial charge in [-0.2, -0.15) is 0 Å². The molecule has 0 saturated carbocycles. The lowest BCUT2D eigenvalue weighted by molar-refractivity contribution is -0.131. The van der Waals surface area contributed by atoms with Crippen LogP contribution >= 0.6 is 0 Å². The second-order valence-corrected chi connectivity index (χ2v) is 7.21. The summed E-state index contributed by atoms with van der Waals surface area (Å²) in [4.78, 5) is 20.7. The molecule has 1 fully saturated rings. The topological polar surface area (TPSA) is 56.7 Å². The summed E-state index contributed by atoms with van der Waals surface area (Å²) in [5, 5.41) is 9.12. The molecule has 1 aliphatic rings. The first-order valence-corrected chi connectivity index (χ1v) is 9.18. The van der Waals surface area contributed by atoms with Gasteiger partial charge < -0.3 is 10.0 Å². The number of rotatable bonds is 7. The number of aliphatic hydroxyl groups is 1. The predicted molar refractivity (Wildman–Crippen MR) is 101 cm³/mol. The van der Waals surface area contributed by atoms with Gasteiger partial charge in [0.05, 0.1) is 13.2 Å². The third kappa shape index (κ3) is 5.13. The van der Waals surface area contributed by atoms with E-state index < -0.39 is 0 Å². The highest BCUT2D eigenvalue weighted by Crippen LogP contribution is 2.21. The van der Waals surface area contributed by atoms with Gasteiger partial charge >= 0.3 is 0 Å². The number of benzene rings is 1. The molecule has 0 aliphatic carbocycles. The summed E-state index contributed by atoms with van der Waals surface area (Å²) in [5.74, 6) is 0.720. The summed E-state index contributed by atoms with van der Waals surface area (Å²) in [6.07, 6.45) is 5.64. The van der Waals surface area contributed by atoms with Gasteiger partial charge in [0.1, 0.15) is 0 Å². The number of likely N-dealkylation sites (N-methyl/N-ethyl adjacent to an activating group) is 1. The molecule has 2 aromatic rings. The molecule has 26 heavy (non-hydrogen) atoms. The largest absolute Gasteiger partial charge is 0.392 e. The second-order valence-electron chi connectivity index (χ2n) is 7.21. The zero-order valence-corrected chi connectivity index (χ0v) is 15.3. The molecule has 1 atom stereocenters. The smallest absolute Gasteiger partial charge is 0.236 e. The molecule has 1 unspecified atom stereocenters. The number of aliphatic hydroxyl groups excluding tert-OH is 1. The zero-order chi connectivity index (χ0) is 18.4. The van der Waals surface area contributed by atoms with Crippen molar-refractivity contribution in [3.8, 4) is 0 Å². The van der Waals surface area contributed by atoms with Crippen LogP contribution in [0.1, 0.15) is 23.1 Å². The van der Waals surface area contributed by atoms with Gasteiger partial charge in [0, 0.05) is 32.0 Å². The minimum absolute atomic E-state index is 0.0819. The minimum Gasteiger partial charge on any atom is -0.392 e. The number of likely N-dealkylation sites (tertiary alicyclic amines) is 1. The van der Waals surface area contributed by atoms with Gasteiger partial charge in [0.2, 0.25) is 5.91 Å². The van der Waals surface area contributed by atoms with Gasteiger partial charge in [-0.15, -0.1) is 0 Å². The zero-order valence-electron chi connectivity index (χ0n) is 15.3. The minimum atomic E-state index is 0.0819. The lowest BCUT2D eigenvalue weighted by atomic mass is 9.98. The Morgan fingerprint density at radius 1 is 1.23 bits per heavy atom. The first-order chi connectivity index (χ1) is 12.6. The van der Waals surface area contributed by atoms with Crippen LogP contribution in [0.15, 0.2) is 48.8 Å². The molecule has 3 rings (SSSR count). The molecule has 0 spiro atoms. The monoisotopic (exact) mass is 353 g/mol. The van der Waals surface area contributed by atoms with Crippen molar-refractivity contribution in [2.45, 2.75) is 26.0 Å². The molecule has 1 amide bonds. The van der Waals surface area contributed by atoms with Crippen LogP contribution in [0, 0.1) is 5.92 Å². The van der Waals surface area contributed by atoms with Crippen molar-refractivity contribution in [3.05, 3.63) is 65.5 Å². The molecule has 5 nitrogen and oxygen atoms in total. The SMILES string of the molecule is CN(CC(=O)N1CCC(Cc2ccc(CO)cc2)C1)Cc1cccnc1. The van der Waals surface area contributed by atoms with Crippen molar-refractivity contribution < 1.29 is 9.90 Å². The Morgan fingerprint density at radius 3 is 2.69 bits per heavy atom. The second kappa shape index (κ2) is 8.92. The summed E-state index contributed by atoms with van der Waals surface area (Å²) < 4.78 is 0. The first kappa shape index (κ1) is 18.5. The van der Waals surface area contributed by atoms with E-state index in [1.54, 1.807) is 6.20 Å². The Hall–Kier alpha value is -2.24. The Bertz CT molecular complexity index is 703. The van der Waals surface area contributed by atoms with E-state index in [1.807, 2.05) is 47.3 Å². The van der Waals surface area contributed by atoms with Gasteiger partial charge in [-0.05, 0) is 48.6 Å². The van der Waals surface area contributed by atoms with E-state index in [0.717, 1.165) is 43.6 Å². The Morgan fingerprint density at radius 2 is 2.00 bits per heavy atom. The molecule has 1 aromatic carbocycles. The van der Waals surface area contributed by atoms with Crippen molar-refractivity contribution in [2.24, 2.45) is 5.92 Å². The maximum atomic E-state index is 12.6. The van der Waals surface area contributed by atoms with Gasteiger partial charge in [0.25, 0.3) is 0 Å². The van der Waals surface area contributed by atoms with Crippen LogP contribution < -0.4 is 0 Å². The number of carbonyl (C=O) groups is 1. The van der Waals surface area contributed by atoms with Crippen molar-refractivity contribution in [1.82, 2.24) is 14.8 Å². The fourth-order valence-electron chi connectivity index (χ4n) is 3.53. The number of hydrogen-bond donors (Lipinski definition) is 1. The summed E-state index contributed by atoms with van der Waals surface area (Å²) >= 11 is 0. The fourth-order valence-corrected chi connectivity index (χ4v) is 3.53. The highest BCUT2D eigenvalue weighted by atomic mass is 16.3. The quantitative estimate of drug-likeness (QED) is 0.828. The molecule has 0 radical (unpaired) electrons. The molecule has 1 saturated heterocycles. The third-order valence-electron chi connectivity index (χ3n) is 4.95. The van der Waals surface area contributed by atoms with Crippen LogP contribution in [-0.2, 0) is 24.4 Å². The third-order valence-corrected chi connectivity index (χ3v) is 4.95. The van der Waals surface area contributed by atoms with Crippen LogP contribution in [0.4, 0.5) is 0 Å². The molecule has 0 bridgehead atoms. The lowest BCUT2D eigenvalue weighted by Crippen LogP contribution is -2.37. The van der Waals surface area contributed by atoms with E-state index in [1.165, 1.54) is 5.56 Å². The first-order valence-electron chi connectivity index (χ1n) is 9.18. The predicted octanol–water partition coefficient (Wildman–Crippen LogP) is 2.10. The van der Waals surface area contributed by atoms with E-state index in [4.69, 9.17) is 5.11 Å². The van der Waals surface area contributed by atoms with Crippen molar-refractivity contribution in [2.75, 3.05) is 26.7 Å². The van der Waals surface area contributed by atoms with E-state index >= 15 is 0 Å². The molecule has 5 heteroatoms.